The van der Waals surface area contributed by atoms with Crippen molar-refractivity contribution in [1.82, 2.24) is 10.6 Å². The highest BCUT2D eigenvalue weighted by atomic mass is 32.1. The zero-order valence-corrected chi connectivity index (χ0v) is 17.8. The molecule has 158 valence electrons. The molecule has 1 aliphatic rings. The maximum atomic E-state index is 13.1. The van der Waals surface area contributed by atoms with Crippen LogP contribution in [-0.4, -0.2) is 24.8 Å². The van der Waals surface area contributed by atoms with Gasteiger partial charge < -0.3 is 24.8 Å². The smallest absolute Gasteiger partial charge is 0.338 e. The van der Waals surface area contributed by atoms with E-state index in [1.165, 1.54) is 12.1 Å². The first-order valence-electron chi connectivity index (χ1n) is 9.43. The zero-order chi connectivity index (χ0) is 21.7. The molecule has 0 amide bonds. The van der Waals surface area contributed by atoms with Gasteiger partial charge in [-0.15, -0.1) is 0 Å². The lowest BCUT2D eigenvalue weighted by Crippen LogP contribution is -2.45. The molecule has 0 aromatic heterocycles. The number of ether oxygens (including phenoxy) is 3. The van der Waals surface area contributed by atoms with Crippen LogP contribution in [0.3, 0.4) is 0 Å². The van der Waals surface area contributed by atoms with Crippen LogP contribution in [0.2, 0.25) is 0 Å². The summed E-state index contributed by atoms with van der Waals surface area (Å²) in [6.45, 7) is 4.02. The number of carbonyl (C=O) groups is 1. The van der Waals surface area contributed by atoms with E-state index in [1.807, 2.05) is 18.2 Å². The third-order valence-electron chi connectivity index (χ3n) is 4.61. The van der Waals surface area contributed by atoms with Crippen LogP contribution >= 0.6 is 12.2 Å². The predicted octanol–water partition coefficient (Wildman–Crippen LogP) is 3.77. The molecule has 0 saturated heterocycles. The lowest BCUT2D eigenvalue weighted by atomic mass is 9.94. The average molecular weight is 431 g/mol. The molecule has 30 heavy (non-hydrogen) atoms. The summed E-state index contributed by atoms with van der Waals surface area (Å²) in [6, 6.07) is 10.9. The molecule has 3 rings (SSSR count). The van der Waals surface area contributed by atoms with Crippen LogP contribution in [0.1, 0.15) is 31.0 Å². The summed E-state index contributed by atoms with van der Waals surface area (Å²) in [6.07, 6.45) is 0. The van der Waals surface area contributed by atoms with Crippen molar-refractivity contribution in [3.63, 3.8) is 0 Å². The Morgan fingerprint density at radius 1 is 1.20 bits per heavy atom. The molecular formula is C22H23FN2O4S. The summed E-state index contributed by atoms with van der Waals surface area (Å²) >= 11 is 5.28. The molecule has 6 nitrogen and oxygen atoms in total. The Kier molecular flexibility index (Phi) is 6.89. The summed E-state index contributed by atoms with van der Waals surface area (Å²) in [5.74, 6) is 0.426. The van der Waals surface area contributed by atoms with Gasteiger partial charge in [-0.1, -0.05) is 6.07 Å². The number of thiocarbonyl (C=S) groups is 1. The van der Waals surface area contributed by atoms with Crippen molar-refractivity contribution in [3.05, 3.63) is 70.7 Å². The van der Waals surface area contributed by atoms with Crippen molar-refractivity contribution in [2.75, 3.05) is 13.7 Å². The van der Waals surface area contributed by atoms with Crippen LogP contribution in [0.15, 0.2) is 53.7 Å². The van der Waals surface area contributed by atoms with E-state index in [4.69, 9.17) is 26.4 Å². The minimum Gasteiger partial charge on any atom is -0.496 e. The van der Waals surface area contributed by atoms with Gasteiger partial charge in [-0.05, 0) is 68.0 Å². The Morgan fingerprint density at radius 2 is 1.93 bits per heavy atom. The molecule has 2 N–H and O–H groups in total. The van der Waals surface area contributed by atoms with E-state index in [-0.39, 0.29) is 19.0 Å². The predicted molar refractivity (Wildman–Crippen MR) is 115 cm³/mol. The molecule has 0 aliphatic carbocycles. The maximum absolute atomic E-state index is 13.1. The van der Waals surface area contributed by atoms with Crippen LogP contribution in [0, 0.1) is 5.82 Å². The van der Waals surface area contributed by atoms with Gasteiger partial charge in [0.1, 0.15) is 23.9 Å². The number of esters is 1. The van der Waals surface area contributed by atoms with Crippen LogP contribution in [0.5, 0.6) is 11.5 Å². The molecule has 1 heterocycles. The van der Waals surface area contributed by atoms with Crippen molar-refractivity contribution in [2.24, 2.45) is 0 Å². The molecule has 0 unspecified atom stereocenters. The number of halogens is 1. The second-order valence-electron chi connectivity index (χ2n) is 6.60. The molecule has 0 spiro atoms. The Hall–Kier alpha value is -3.13. The van der Waals surface area contributed by atoms with E-state index in [2.05, 4.69) is 10.6 Å². The van der Waals surface area contributed by atoms with Crippen molar-refractivity contribution in [2.45, 2.75) is 26.5 Å². The number of hydrogen-bond donors (Lipinski definition) is 2. The summed E-state index contributed by atoms with van der Waals surface area (Å²) in [5.41, 5.74) is 2.68. The summed E-state index contributed by atoms with van der Waals surface area (Å²) in [4.78, 5) is 12.6. The van der Waals surface area contributed by atoms with Gasteiger partial charge in [0.25, 0.3) is 0 Å². The second-order valence-corrected chi connectivity index (χ2v) is 7.01. The van der Waals surface area contributed by atoms with Gasteiger partial charge in [-0.25, -0.2) is 9.18 Å². The molecule has 0 bridgehead atoms. The van der Waals surface area contributed by atoms with E-state index < -0.39 is 12.0 Å². The molecular weight excluding hydrogens is 407 g/mol. The maximum Gasteiger partial charge on any atom is 0.338 e. The zero-order valence-electron chi connectivity index (χ0n) is 17.0. The van der Waals surface area contributed by atoms with Crippen molar-refractivity contribution in [1.29, 1.82) is 0 Å². The minimum atomic E-state index is -0.478. The fraction of sp³-hybridized carbons (Fsp3) is 0.273. The topological polar surface area (TPSA) is 68.8 Å². The van der Waals surface area contributed by atoms with Gasteiger partial charge in [0.15, 0.2) is 5.11 Å². The molecule has 0 radical (unpaired) electrons. The third kappa shape index (κ3) is 4.88. The van der Waals surface area contributed by atoms with E-state index in [1.54, 1.807) is 33.1 Å². The molecule has 0 fully saturated rings. The quantitative estimate of drug-likeness (QED) is 0.512. The van der Waals surface area contributed by atoms with Gasteiger partial charge in [0.2, 0.25) is 0 Å². The van der Waals surface area contributed by atoms with E-state index in [9.17, 15) is 9.18 Å². The van der Waals surface area contributed by atoms with Gasteiger partial charge in [0, 0.05) is 11.3 Å². The molecule has 1 aliphatic heterocycles. The van der Waals surface area contributed by atoms with Gasteiger partial charge in [-0.3, -0.25) is 0 Å². The van der Waals surface area contributed by atoms with Gasteiger partial charge in [0.05, 0.1) is 25.3 Å². The lowest BCUT2D eigenvalue weighted by Gasteiger charge is -2.30. The number of methoxy groups -OCH3 is 1. The van der Waals surface area contributed by atoms with Crippen molar-refractivity contribution >= 4 is 23.3 Å². The molecule has 2 aromatic carbocycles. The standard InChI is InChI=1S/C22H23FN2O4S/c1-4-28-21(26)19-13(2)24-22(30)25-20(19)14-5-10-18(27-3)15(11-14)12-29-17-8-6-16(23)7-9-17/h5-11,20H,4,12H2,1-3H3,(H2,24,25,30)/t20-/m0/s1. The molecule has 1 atom stereocenters. The number of rotatable bonds is 7. The van der Waals surface area contributed by atoms with E-state index in [0.29, 0.717) is 27.9 Å². The van der Waals surface area contributed by atoms with Gasteiger partial charge >= 0.3 is 5.97 Å². The Bertz CT molecular complexity index is 976. The fourth-order valence-corrected chi connectivity index (χ4v) is 3.48. The molecule has 0 saturated carbocycles. The fourth-order valence-electron chi connectivity index (χ4n) is 3.21. The number of allylic oxidation sites excluding steroid dienone is 1. The Balaban J connectivity index is 1.91. The normalized spacial score (nSPS) is 15.9. The van der Waals surface area contributed by atoms with E-state index in [0.717, 1.165) is 11.1 Å². The Labute approximate surface area is 180 Å². The minimum absolute atomic E-state index is 0.204. The average Bonchev–Trinajstić information content (AvgIpc) is 2.72. The first kappa shape index (κ1) is 21.6. The van der Waals surface area contributed by atoms with Crippen LogP contribution in [0.4, 0.5) is 4.39 Å². The summed E-state index contributed by atoms with van der Waals surface area (Å²) in [5, 5.41) is 6.53. The number of carbonyl (C=O) groups excluding carboxylic acids is 1. The first-order valence-corrected chi connectivity index (χ1v) is 9.84. The molecule has 8 heteroatoms. The monoisotopic (exact) mass is 430 g/mol. The number of nitrogens with one attached hydrogen (secondary N) is 2. The first-order chi connectivity index (χ1) is 14.4. The summed E-state index contributed by atoms with van der Waals surface area (Å²) in [7, 11) is 1.57. The second kappa shape index (κ2) is 9.58. The van der Waals surface area contributed by atoms with E-state index >= 15 is 0 Å². The number of hydrogen-bond acceptors (Lipinski definition) is 5. The largest absolute Gasteiger partial charge is 0.496 e. The van der Waals surface area contributed by atoms with Crippen LogP contribution in [-0.2, 0) is 16.1 Å². The highest BCUT2D eigenvalue weighted by Gasteiger charge is 2.31. The highest BCUT2D eigenvalue weighted by Crippen LogP contribution is 2.31. The summed E-state index contributed by atoms with van der Waals surface area (Å²) < 4.78 is 29.6. The van der Waals surface area contributed by atoms with Crippen LogP contribution in [0.25, 0.3) is 0 Å². The highest BCUT2D eigenvalue weighted by molar-refractivity contribution is 7.80. The van der Waals surface area contributed by atoms with Crippen molar-refractivity contribution < 1.29 is 23.4 Å². The van der Waals surface area contributed by atoms with Crippen molar-refractivity contribution in [3.8, 4) is 11.5 Å². The third-order valence-corrected chi connectivity index (χ3v) is 4.83. The lowest BCUT2D eigenvalue weighted by molar-refractivity contribution is -0.139. The molecule has 2 aromatic rings. The SMILES string of the molecule is CCOC(=O)C1=C(C)NC(=S)N[C@H]1c1ccc(OC)c(COc2ccc(F)cc2)c1. The Morgan fingerprint density at radius 3 is 2.60 bits per heavy atom. The van der Waals surface area contributed by atoms with Crippen LogP contribution < -0.4 is 20.1 Å². The van der Waals surface area contributed by atoms with Gasteiger partial charge in [-0.2, -0.15) is 0 Å². The number of benzene rings is 2.